The lowest BCUT2D eigenvalue weighted by Gasteiger charge is -2.11. The summed E-state index contributed by atoms with van der Waals surface area (Å²) < 4.78 is 6.05. The second-order valence-corrected chi connectivity index (χ2v) is 22.0. The molecule has 10 aromatic carbocycles. The molecule has 6 aromatic heterocycles. The first-order chi connectivity index (χ1) is 40.1. The van der Waals surface area contributed by atoms with Crippen molar-refractivity contribution in [2.45, 2.75) is 0 Å². The van der Waals surface area contributed by atoms with Crippen molar-refractivity contribution in [3.8, 4) is 74.0 Å². The van der Waals surface area contributed by atoms with Crippen LogP contribution < -0.4 is 0 Å². The Kier molecular flexibility index (Phi) is 13.3. The number of aromatic nitrogens is 8. The van der Waals surface area contributed by atoms with E-state index < -0.39 is 0 Å². The minimum absolute atomic E-state index is 0.649. The largest absolute Gasteiger partial charge is 0.354 e. The third-order valence-corrected chi connectivity index (χ3v) is 16.6. The van der Waals surface area contributed by atoms with Gasteiger partial charge in [-0.25, -0.2) is 29.9 Å². The molecule has 0 radical (unpaired) electrons. The van der Waals surface area contributed by atoms with E-state index in [2.05, 4.69) is 150 Å². The highest BCUT2D eigenvalue weighted by molar-refractivity contribution is 9.10. The van der Waals surface area contributed by atoms with Crippen molar-refractivity contribution in [1.29, 1.82) is 0 Å². The Morgan fingerprint density at radius 2 is 0.753 bits per heavy atom. The summed E-state index contributed by atoms with van der Waals surface area (Å²) in [7, 11) is 0. The Morgan fingerprint density at radius 1 is 0.321 bits per heavy atom. The maximum absolute atomic E-state index is 4.95. The van der Waals surface area contributed by atoms with Gasteiger partial charge in [-0.15, -0.1) is 22.7 Å². The normalized spacial score (nSPS) is 11.3. The van der Waals surface area contributed by atoms with Crippen molar-refractivity contribution in [2.24, 2.45) is 0 Å². The van der Waals surface area contributed by atoms with E-state index >= 15 is 0 Å². The summed E-state index contributed by atoms with van der Waals surface area (Å²) in [6.45, 7) is 0. The van der Waals surface area contributed by atoms with Gasteiger partial charge < -0.3 is 9.55 Å². The summed E-state index contributed by atoms with van der Waals surface area (Å²) in [6.07, 6.45) is 0. The van der Waals surface area contributed by atoms with Crippen molar-refractivity contribution in [3.05, 3.63) is 270 Å². The quantitative estimate of drug-likeness (QED) is 0.171. The average Bonchev–Trinajstić information content (AvgIpc) is 4.49. The molecular weight excluding hydrogens is 1100 g/mol. The van der Waals surface area contributed by atoms with Gasteiger partial charge in [0.2, 0.25) is 0 Å². The van der Waals surface area contributed by atoms with Crippen LogP contribution in [0.4, 0.5) is 0 Å². The molecule has 8 nitrogen and oxygen atoms in total. The summed E-state index contributed by atoms with van der Waals surface area (Å²) in [6, 6.07) is 87.0. The van der Waals surface area contributed by atoms with Crippen LogP contribution in [0.3, 0.4) is 0 Å². The number of nitrogens with one attached hydrogen (secondary N) is 1. The number of thiophene rings is 2. The number of fused-ring (bicyclic) bond motifs is 10. The van der Waals surface area contributed by atoms with E-state index in [9.17, 15) is 0 Å². The SMILES string of the molecule is Brc1cccc(-c2nc(-c3ccccc3)nc(-c3ccccc3)n2)c1.c1ccc(-c2nc(-c3ccccc3)nc(-c3cccc(-n4c5ccccc5c5c6sccc6ccc54)c3)n2)cc1.c1ccc2c(c1)[nH]c1ccc3ccsc3c12. The number of hydrogen-bond acceptors (Lipinski definition) is 8. The van der Waals surface area contributed by atoms with E-state index in [0.717, 1.165) is 43.5 Å². The van der Waals surface area contributed by atoms with Crippen molar-refractivity contribution < 1.29 is 0 Å². The maximum atomic E-state index is 4.95. The zero-order valence-corrected chi connectivity index (χ0v) is 46.4. The number of halogens is 1. The van der Waals surface area contributed by atoms with Gasteiger partial charge in [0.25, 0.3) is 0 Å². The number of rotatable bonds is 7. The van der Waals surface area contributed by atoms with Gasteiger partial charge in [0.15, 0.2) is 34.9 Å². The van der Waals surface area contributed by atoms with Crippen LogP contribution in [0.25, 0.3) is 138 Å². The first-order valence-electron chi connectivity index (χ1n) is 26.4. The molecule has 0 unspecified atom stereocenters. The molecule has 384 valence electrons. The Bertz CT molecular complexity index is 4790. The van der Waals surface area contributed by atoms with Gasteiger partial charge in [-0.05, 0) is 82.2 Å². The molecule has 1 N–H and O–H groups in total. The topological polar surface area (TPSA) is 98.1 Å². The molecule has 0 atom stereocenters. The zero-order valence-electron chi connectivity index (χ0n) is 43.2. The number of H-pyrrole nitrogens is 1. The molecule has 0 saturated carbocycles. The molecule has 0 bridgehead atoms. The van der Waals surface area contributed by atoms with Crippen LogP contribution in [-0.4, -0.2) is 39.5 Å². The fourth-order valence-corrected chi connectivity index (χ4v) is 12.7. The minimum Gasteiger partial charge on any atom is -0.354 e. The first kappa shape index (κ1) is 49.5. The van der Waals surface area contributed by atoms with Crippen LogP contribution >= 0.6 is 38.6 Å². The van der Waals surface area contributed by atoms with Gasteiger partial charge >= 0.3 is 0 Å². The minimum atomic E-state index is 0.649. The molecule has 0 saturated heterocycles. The Balaban J connectivity index is 0.000000121. The van der Waals surface area contributed by atoms with E-state index in [-0.39, 0.29) is 0 Å². The highest BCUT2D eigenvalue weighted by Gasteiger charge is 2.18. The second-order valence-electron chi connectivity index (χ2n) is 19.3. The molecule has 0 fully saturated rings. The van der Waals surface area contributed by atoms with Crippen LogP contribution in [0.1, 0.15) is 0 Å². The third-order valence-electron chi connectivity index (χ3n) is 14.2. The molecule has 16 aromatic rings. The summed E-state index contributed by atoms with van der Waals surface area (Å²) in [5, 5.41) is 12.2. The number of aromatic amines is 1. The van der Waals surface area contributed by atoms with Gasteiger partial charge in [-0.2, -0.15) is 0 Å². The Hall–Kier alpha value is -9.78. The van der Waals surface area contributed by atoms with Crippen LogP contribution in [0, 0.1) is 0 Å². The molecule has 0 spiro atoms. The smallest absolute Gasteiger partial charge is 0.164 e. The highest BCUT2D eigenvalue weighted by atomic mass is 79.9. The molecule has 0 aliphatic heterocycles. The predicted molar refractivity (Wildman–Crippen MR) is 341 cm³/mol. The first-order valence-corrected chi connectivity index (χ1v) is 29.0. The number of nitrogens with zero attached hydrogens (tertiary/aromatic N) is 7. The van der Waals surface area contributed by atoms with Crippen molar-refractivity contribution in [2.75, 3.05) is 0 Å². The molecule has 0 amide bonds. The van der Waals surface area contributed by atoms with Gasteiger partial charge in [-0.1, -0.05) is 210 Å². The Labute approximate surface area is 482 Å². The second kappa shape index (κ2) is 21.8. The molecule has 6 heterocycles. The fourth-order valence-electron chi connectivity index (χ4n) is 10.4. The molecule has 81 heavy (non-hydrogen) atoms. The number of hydrogen-bond donors (Lipinski definition) is 1. The van der Waals surface area contributed by atoms with Gasteiger partial charge in [0, 0.05) is 85.5 Å². The lowest BCUT2D eigenvalue weighted by molar-refractivity contribution is 1.07. The molecular formula is C70H45BrN8S2. The monoisotopic (exact) mass is 1140 g/mol. The van der Waals surface area contributed by atoms with E-state index in [1.54, 1.807) is 11.3 Å². The summed E-state index contributed by atoms with van der Waals surface area (Å²) in [5.41, 5.74) is 11.7. The summed E-state index contributed by atoms with van der Waals surface area (Å²) >= 11 is 7.13. The van der Waals surface area contributed by atoms with Crippen LogP contribution in [0.5, 0.6) is 0 Å². The molecule has 0 aliphatic carbocycles. The zero-order chi connectivity index (χ0) is 54.1. The predicted octanol–water partition coefficient (Wildman–Crippen LogP) is 19.4. The van der Waals surface area contributed by atoms with E-state index in [1.807, 2.05) is 157 Å². The maximum Gasteiger partial charge on any atom is 0.164 e. The van der Waals surface area contributed by atoms with E-state index in [1.165, 1.54) is 63.8 Å². The van der Waals surface area contributed by atoms with Crippen molar-refractivity contribution >= 4 is 102 Å². The van der Waals surface area contributed by atoms with E-state index in [4.69, 9.17) is 24.9 Å². The summed E-state index contributed by atoms with van der Waals surface area (Å²) in [4.78, 5) is 32.3. The lowest BCUT2D eigenvalue weighted by Crippen LogP contribution is -2.01. The average molecular weight is 1140 g/mol. The number of benzene rings is 10. The number of para-hydroxylation sites is 2. The molecule has 11 heteroatoms. The van der Waals surface area contributed by atoms with Crippen molar-refractivity contribution in [3.63, 3.8) is 0 Å². The third kappa shape index (κ3) is 9.84. The van der Waals surface area contributed by atoms with E-state index in [0.29, 0.717) is 34.9 Å². The lowest BCUT2D eigenvalue weighted by atomic mass is 10.1. The molecule has 0 aliphatic rings. The van der Waals surface area contributed by atoms with Gasteiger partial charge in [-0.3, -0.25) is 0 Å². The fraction of sp³-hybridized carbons (Fsp3) is 0. The highest BCUT2D eigenvalue weighted by Crippen LogP contribution is 2.40. The standard InChI is InChI=1S/C35H22N4S.C21H14BrN3.C14H9NS/c1-3-10-24(11-4-1)33-36-34(25-12-5-2-6-13-25)38-35(37-33)26-14-9-15-27(22-26)39-29-17-8-7-16-28(29)31-30(39)19-18-23-20-21-40-32(23)31;22-18-13-7-12-17(14-18)21-24-19(15-8-3-1-4-9-15)23-20(25-21)16-10-5-2-6-11-16;1-2-4-11-10(3-1)13-12(15-11)6-5-9-7-8-16-14(9)13/h1-22H;1-14H;1-8,15H. The van der Waals surface area contributed by atoms with Gasteiger partial charge in [0.05, 0.1) is 11.0 Å². The van der Waals surface area contributed by atoms with Gasteiger partial charge in [0.1, 0.15) is 0 Å². The van der Waals surface area contributed by atoms with Crippen molar-refractivity contribution in [1.82, 2.24) is 39.5 Å². The van der Waals surface area contributed by atoms with Crippen LogP contribution in [-0.2, 0) is 0 Å². The Morgan fingerprint density at radius 3 is 1.30 bits per heavy atom. The van der Waals surface area contributed by atoms with Crippen LogP contribution in [0.2, 0.25) is 0 Å². The molecule has 16 rings (SSSR count). The summed E-state index contributed by atoms with van der Waals surface area (Å²) in [5.74, 6) is 3.97. The van der Waals surface area contributed by atoms with Crippen LogP contribution in [0.15, 0.2) is 270 Å².